The summed E-state index contributed by atoms with van der Waals surface area (Å²) in [5.74, 6) is 0. The molecule has 6 heteroatoms. The van der Waals surface area contributed by atoms with E-state index < -0.39 is 10.0 Å². The fourth-order valence-electron chi connectivity index (χ4n) is 1.85. The molecule has 0 aliphatic carbocycles. The van der Waals surface area contributed by atoms with Crippen molar-refractivity contribution in [3.05, 3.63) is 23.9 Å². The minimum Gasteiger partial charge on any atom is -0.312 e. The van der Waals surface area contributed by atoms with Gasteiger partial charge in [0.25, 0.3) is 10.0 Å². The fourth-order valence-corrected chi connectivity index (χ4v) is 3.30. The minimum atomic E-state index is -3.43. The Morgan fingerprint density at radius 3 is 2.82 bits per heavy atom. The fraction of sp³-hybridized carbons (Fsp3) is 0.545. The van der Waals surface area contributed by atoms with Gasteiger partial charge in [-0.1, -0.05) is 6.07 Å². The van der Waals surface area contributed by atoms with Crippen LogP contribution in [0.15, 0.2) is 23.4 Å². The maximum Gasteiger partial charge on any atom is 0.260 e. The number of aromatic nitrogens is 1. The number of rotatable bonds is 2. The molecule has 2 rings (SSSR count). The lowest BCUT2D eigenvalue weighted by molar-refractivity contribution is 0.309. The topological polar surface area (TPSA) is 62.3 Å². The largest absolute Gasteiger partial charge is 0.312 e. The number of nitrogens with one attached hydrogen (secondary N) is 1. The Labute approximate surface area is 102 Å². The third-order valence-electron chi connectivity index (χ3n) is 2.82. The second kappa shape index (κ2) is 4.72. The zero-order valence-corrected chi connectivity index (χ0v) is 10.9. The van der Waals surface area contributed by atoms with Crippen molar-refractivity contribution < 1.29 is 8.42 Å². The van der Waals surface area contributed by atoms with Crippen molar-refractivity contribution in [1.82, 2.24) is 14.6 Å². The van der Waals surface area contributed by atoms with Gasteiger partial charge in [0, 0.05) is 31.9 Å². The molecule has 1 atom stereocenters. The molecule has 1 aliphatic rings. The normalized spacial score (nSPS) is 22.6. The van der Waals surface area contributed by atoms with E-state index in [1.807, 2.05) is 13.8 Å². The van der Waals surface area contributed by atoms with Crippen molar-refractivity contribution >= 4 is 10.0 Å². The molecular weight excluding hydrogens is 238 g/mol. The Kier molecular flexibility index (Phi) is 3.46. The van der Waals surface area contributed by atoms with Gasteiger partial charge in [0.05, 0.1) is 0 Å². The number of nitrogens with zero attached hydrogens (tertiary/aromatic N) is 2. The smallest absolute Gasteiger partial charge is 0.260 e. The van der Waals surface area contributed by atoms with E-state index in [-0.39, 0.29) is 11.1 Å². The van der Waals surface area contributed by atoms with E-state index in [4.69, 9.17) is 0 Å². The van der Waals surface area contributed by atoms with Crippen molar-refractivity contribution in [1.29, 1.82) is 0 Å². The summed E-state index contributed by atoms with van der Waals surface area (Å²) in [6.45, 7) is 5.55. The van der Waals surface area contributed by atoms with E-state index in [1.165, 1.54) is 4.31 Å². The first-order chi connectivity index (χ1) is 8.00. The van der Waals surface area contributed by atoms with E-state index in [9.17, 15) is 8.42 Å². The molecule has 1 aromatic rings. The summed E-state index contributed by atoms with van der Waals surface area (Å²) in [5.41, 5.74) is 0.956. The molecule has 1 N–H and O–H groups in total. The maximum absolute atomic E-state index is 12.3. The van der Waals surface area contributed by atoms with E-state index in [2.05, 4.69) is 10.3 Å². The van der Waals surface area contributed by atoms with Crippen LogP contribution in [0.1, 0.15) is 12.5 Å². The van der Waals surface area contributed by atoms with Crippen LogP contribution in [0.4, 0.5) is 0 Å². The molecule has 0 aromatic carbocycles. The Bertz CT molecular complexity index is 484. The molecule has 0 bridgehead atoms. The molecule has 0 radical (unpaired) electrons. The molecule has 1 unspecified atom stereocenters. The monoisotopic (exact) mass is 255 g/mol. The van der Waals surface area contributed by atoms with E-state index in [0.29, 0.717) is 19.6 Å². The second-order valence-electron chi connectivity index (χ2n) is 4.39. The van der Waals surface area contributed by atoms with Crippen LogP contribution in [-0.2, 0) is 10.0 Å². The maximum atomic E-state index is 12.3. The second-order valence-corrected chi connectivity index (χ2v) is 6.28. The third kappa shape index (κ3) is 2.65. The van der Waals surface area contributed by atoms with Crippen molar-refractivity contribution in [2.24, 2.45) is 0 Å². The summed E-state index contributed by atoms with van der Waals surface area (Å²) in [5, 5.41) is 3.35. The SMILES string of the molecule is Cc1ccc(S(=O)(=O)N2CCNC(C)C2)nc1. The predicted octanol–water partition coefficient (Wildman–Crippen LogP) is 0.372. The minimum absolute atomic E-state index is 0.136. The summed E-state index contributed by atoms with van der Waals surface area (Å²) in [4.78, 5) is 4.00. The number of aryl methyl sites for hydroxylation is 1. The van der Waals surface area contributed by atoms with E-state index >= 15 is 0 Å². The molecule has 0 saturated carbocycles. The number of sulfonamides is 1. The van der Waals surface area contributed by atoms with Gasteiger partial charge in [0.15, 0.2) is 5.03 Å². The first kappa shape index (κ1) is 12.5. The molecule has 5 nitrogen and oxygen atoms in total. The number of piperazine rings is 1. The Balaban J connectivity index is 2.26. The summed E-state index contributed by atoms with van der Waals surface area (Å²) in [7, 11) is -3.43. The van der Waals surface area contributed by atoms with Gasteiger partial charge >= 0.3 is 0 Å². The zero-order valence-electron chi connectivity index (χ0n) is 10.0. The molecule has 1 aromatic heterocycles. The zero-order chi connectivity index (χ0) is 12.5. The van der Waals surface area contributed by atoms with Crippen LogP contribution < -0.4 is 5.32 Å². The molecule has 1 aliphatic heterocycles. The Morgan fingerprint density at radius 1 is 1.47 bits per heavy atom. The molecule has 1 fully saturated rings. The van der Waals surface area contributed by atoms with Gasteiger partial charge in [-0.3, -0.25) is 0 Å². The summed E-state index contributed by atoms with van der Waals surface area (Å²) in [6.07, 6.45) is 1.58. The van der Waals surface area contributed by atoms with Crippen LogP contribution in [0.5, 0.6) is 0 Å². The lowest BCUT2D eigenvalue weighted by Crippen LogP contribution is -2.51. The molecule has 17 heavy (non-hydrogen) atoms. The van der Waals surface area contributed by atoms with Crippen molar-refractivity contribution in [3.63, 3.8) is 0 Å². The highest BCUT2D eigenvalue weighted by Gasteiger charge is 2.29. The van der Waals surface area contributed by atoms with Gasteiger partial charge in [0.1, 0.15) is 0 Å². The highest BCUT2D eigenvalue weighted by atomic mass is 32.2. The van der Waals surface area contributed by atoms with Gasteiger partial charge in [-0.25, -0.2) is 13.4 Å². The third-order valence-corrected chi connectivity index (χ3v) is 4.60. The predicted molar refractivity (Wildman–Crippen MR) is 65.2 cm³/mol. The van der Waals surface area contributed by atoms with Crippen LogP contribution in [0.25, 0.3) is 0 Å². The van der Waals surface area contributed by atoms with Crippen LogP contribution in [0.2, 0.25) is 0 Å². The average molecular weight is 255 g/mol. The summed E-state index contributed by atoms with van der Waals surface area (Å²) >= 11 is 0. The molecule has 94 valence electrons. The highest BCUT2D eigenvalue weighted by Crippen LogP contribution is 2.15. The van der Waals surface area contributed by atoms with Crippen LogP contribution in [-0.4, -0.2) is 43.4 Å². The summed E-state index contributed by atoms with van der Waals surface area (Å²) in [6, 6.07) is 3.52. The van der Waals surface area contributed by atoms with Gasteiger partial charge < -0.3 is 5.32 Å². The Morgan fingerprint density at radius 2 is 2.24 bits per heavy atom. The molecule has 2 heterocycles. The molecular formula is C11H17N3O2S. The van der Waals surface area contributed by atoms with Gasteiger partial charge in [-0.15, -0.1) is 0 Å². The number of hydrogen-bond donors (Lipinski definition) is 1. The molecule has 0 spiro atoms. The van der Waals surface area contributed by atoms with Crippen molar-refractivity contribution in [2.45, 2.75) is 24.9 Å². The van der Waals surface area contributed by atoms with Gasteiger partial charge in [-0.05, 0) is 25.5 Å². The van der Waals surface area contributed by atoms with Gasteiger partial charge in [-0.2, -0.15) is 4.31 Å². The van der Waals surface area contributed by atoms with Crippen LogP contribution in [0.3, 0.4) is 0 Å². The first-order valence-electron chi connectivity index (χ1n) is 5.66. The Hall–Kier alpha value is -0.980. The standard InChI is InChI=1S/C11H17N3O2S/c1-9-3-4-11(13-7-9)17(15,16)14-6-5-12-10(2)8-14/h3-4,7,10,12H,5-6,8H2,1-2H3. The van der Waals surface area contributed by atoms with E-state index in [0.717, 1.165) is 5.56 Å². The van der Waals surface area contributed by atoms with Crippen LogP contribution in [0, 0.1) is 6.92 Å². The first-order valence-corrected chi connectivity index (χ1v) is 7.10. The van der Waals surface area contributed by atoms with Crippen LogP contribution >= 0.6 is 0 Å². The lowest BCUT2D eigenvalue weighted by atomic mass is 10.3. The van der Waals surface area contributed by atoms with E-state index in [1.54, 1.807) is 18.3 Å². The average Bonchev–Trinajstić information content (AvgIpc) is 2.29. The molecule has 0 amide bonds. The van der Waals surface area contributed by atoms with Crippen molar-refractivity contribution in [3.8, 4) is 0 Å². The van der Waals surface area contributed by atoms with Gasteiger partial charge in [0.2, 0.25) is 0 Å². The number of pyridine rings is 1. The summed E-state index contributed by atoms with van der Waals surface area (Å²) < 4.78 is 26.1. The van der Waals surface area contributed by atoms with Crippen molar-refractivity contribution in [2.75, 3.05) is 19.6 Å². The lowest BCUT2D eigenvalue weighted by Gasteiger charge is -2.30. The highest BCUT2D eigenvalue weighted by molar-refractivity contribution is 7.89. The number of hydrogen-bond acceptors (Lipinski definition) is 4. The quantitative estimate of drug-likeness (QED) is 0.829. The molecule has 1 saturated heterocycles.